The van der Waals surface area contributed by atoms with Gasteiger partial charge in [-0.3, -0.25) is 0 Å². The van der Waals surface area contributed by atoms with Crippen LogP contribution in [0, 0.1) is 5.92 Å². The molecule has 0 spiro atoms. The van der Waals surface area contributed by atoms with Crippen molar-refractivity contribution in [1.29, 1.82) is 0 Å². The third kappa shape index (κ3) is 6.39. The second-order valence-corrected chi connectivity index (χ2v) is 3.75. The lowest BCUT2D eigenvalue weighted by Gasteiger charge is -2.07. The van der Waals surface area contributed by atoms with Gasteiger partial charge in [-0.25, -0.2) is 0 Å². The van der Waals surface area contributed by atoms with Crippen LogP contribution >= 0.6 is 11.8 Å². The molecule has 10 heavy (non-hydrogen) atoms. The first-order valence-electron chi connectivity index (χ1n) is 3.53. The molecule has 0 aromatic carbocycles. The van der Waals surface area contributed by atoms with Gasteiger partial charge in [-0.1, -0.05) is 6.92 Å². The average Bonchev–Trinajstić information content (AvgIpc) is 1.87. The van der Waals surface area contributed by atoms with E-state index in [1.165, 1.54) is 0 Å². The van der Waals surface area contributed by atoms with E-state index in [-0.39, 0.29) is 12.7 Å². The topological polar surface area (TPSA) is 40.5 Å². The Morgan fingerprint density at radius 3 is 2.30 bits per heavy atom. The van der Waals surface area contributed by atoms with E-state index in [0.29, 0.717) is 5.92 Å². The second kappa shape index (κ2) is 6.01. The highest BCUT2D eigenvalue weighted by atomic mass is 32.2. The number of aliphatic hydroxyl groups excluding tert-OH is 2. The average molecular weight is 164 g/mol. The normalized spacial score (nSPS) is 16.8. The Balaban J connectivity index is 3.03. The highest BCUT2D eigenvalue weighted by Gasteiger charge is 2.00. The Hall–Kier alpha value is 0.270. The van der Waals surface area contributed by atoms with Gasteiger partial charge in [0, 0.05) is 12.4 Å². The number of hydrogen-bond donors (Lipinski definition) is 2. The van der Waals surface area contributed by atoms with E-state index in [2.05, 4.69) is 0 Å². The van der Waals surface area contributed by atoms with E-state index < -0.39 is 0 Å². The molecule has 0 aromatic rings. The SMILES string of the molecule is CC(CO)CSC[C@@H](C)O. The van der Waals surface area contributed by atoms with Crippen molar-refractivity contribution in [3.05, 3.63) is 0 Å². The van der Waals surface area contributed by atoms with Crippen molar-refractivity contribution in [2.45, 2.75) is 20.0 Å². The van der Waals surface area contributed by atoms with Gasteiger partial charge in [-0.2, -0.15) is 11.8 Å². The summed E-state index contributed by atoms with van der Waals surface area (Å²) >= 11 is 1.68. The lowest BCUT2D eigenvalue weighted by Crippen LogP contribution is -2.08. The summed E-state index contributed by atoms with van der Waals surface area (Å²) in [6.45, 7) is 4.01. The number of thioether (sulfide) groups is 1. The summed E-state index contributed by atoms with van der Waals surface area (Å²) in [7, 11) is 0. The smallest absolute Gasteiger partial charge is 0.0602 e. The summed E-state index contributed by atoms with van der Waals surface area (Å²) in [5.74, 6) is 2.05. The zero-order valence-corrected chi connectivity index (χ0v) is 7.40. The summed E-state index contributed by atoms with van der Waals surface area (Å²) < 4.78 is 0. The standard InChI is InChI=1S/C7H16O2S/c1-6(3-8)4-10-5-7(2)9/h6-9H,3-5H2,1-2H3/t6?,7-/m1/s1. The lowest BCUT2D eigenvalue weighted by atomic mass is 10.2. The monoisotopic (exact) mass is 164 g/mol. The Bertz CT molecular complexity index is 76.0. The molecule has 0 amide bonds. The van der Waals surface area contributed by atoms with Gasteiger partial charge in [-0.15, -0.1) is 0 Å². The van der Waals surface area contributed by atoms with Crippen molar-refractivity contribution < 1.29 is 10.2 Å². The molecular weight excluding hydrogens is 148 g/mol. The number of aliphatic hydroxyl groups is 2. The minimum absolute atomic E-state index is 0.226. The van der Waals surface area contributed by atoms with Crippen molar-refractivity contribution >= 4 is 11.8 Å². The maximum absolute atomic E-state index is 8.85. The molecule has 0 aromatic heterocycles. The maximum atomic E-state index is 8.85. The van der Waals surface area contributed by atoms with Gasteiger partial charge in [0.05, 0.1) is 6.10 Å². The van der Waals surface area contributed by atoms with Crippen LogP contribution < -0.4 is 0 Å². The Labute approximate surface area is 66.6 Å². The molecule has 2 N–H and O–H groups in total. The van der Waals surface area contributed by atoms with Gasteiger partial charge in [-0.05, 0) is 18.6 Å². The molecule has 2 nitrogen and oxygen atoms in total. The first kappa shape index (κ1) is 10.3. The molecule has 0 rings (SSSR count). The fourth-order valence-electron chi connectivity index (χ4n) is 0.492. The van der Waals surface area contributed by atoms with Gasteiger partial charge in [0.25, 0.3) is 0 Å². The van der Waals surface area contributed by atoms with Crippen LogP contribution in [0.1, 0.15) is 13.8 Å². The number of rotatable bonds is 5. The first-order valence-corrected chi connectivity index (χ1v) is 4.69. The van der Waals surface area contributed by atoms with Crippen LogP contribution in [0.15, 0.2) is 0 Å². The molecule has 3 heteroatoms. The quantitative estimate of drug-likeness (QED) is 0.629. The molecule has 0 saturated carbocycles. The van der Waals surface area contributed by atoms with Crippen LogP contribution in [0.5, 0.6) is 0 Å². The van der Waals surface area contributed by atoms with Gasteiger partial charge in [0.2, 0.25) is 0 Å². The van der Waals surface area contributed by atoms with E-state index in [1.54, 1.807) is 18.7 Å². The third-order valence-corrected chi connectivity index (χ3v) is 2.60. The molecule has 0 bridgehead atoms. The first-order chi connectivity index (χ1) is 4.66. The van der Waals surface area contributed by atoms with Crippen LogP contribution in [-0.4, -0.2) is 34.4 Å². The molecule has 0 heterocycles. The Morgan fingerprint density at radius 1 is 1.30 bits per heavy atom. The molecule has 0 fully saturated rings. The summed E-state index contributed by atoms with van der Waals surface area (Å²) in [5, 5.41) is 17.5. The molecular formula is C7H16O2S. The summed E-state index contributed by atoms with van der Waals surface area (Å²) in [4.78, 5) is 0. The van der Waals surface area contributed by atoms with Crippen molar-refractivity contribution in [3.8, 4) is 0 Å². The molecule has 0 aliphatic carbocycles. The third-order valence-electron chi connectivity index (χ3n) is 1.07. The number of hydrogen-bond acceptors (Lipinski definition) is 3. The van der Waals surface area contributed by atoms with Gasteiger partial charge >= 0.3 is 0 Å². The molecule has 0 radical (unpaired) electrons. The van der Waals surface area contributed by atoms with E-state index in [4.69, 9.17) is 10.2 Å². The molecule has 2 atom stereocenters. The van der Waals surface area contributed by atoms with Crippen LogP contribution in [0.2, 0.25) is 0 Å². The molecule has 62 valence electrons. The Morgan fingerprint density at radius 2 is 1.90 bits per heavy atom. The van der Waals surface area contributed by atoms with Crippen molar-refractivity contribution in [2.75, 3.05) is 18.1 Å². The van der Waals surface area contributed by atoms with Crippen molar-refractivity contribution in [2.24, 2.45) is 5.92 Å². The fraction of sp³-hybridized carbons (Fsp3) is 1.00. The Kier molecular flexibility index (Phi) is 6.17. The zero-order valence-electron chi connectivity index (χ0n) is 6.58. The molecule has 0 saturated heterocycles. The van der Waals surface area contributed by atoms with Gasteiger partial charge in [0.15, 0.2) is 0 Å². The molecule has 0 aliphatic rings. The van der Waals surface area contributed by atoms with Crippen LogP contribution in [0.25, 0.3) is 0 Å². The summed E-state index contributed by atoms with van der Waals surface area (Å²) in [6.07, 6.45) is -0.226. The largest absolute Gasteiger partial charge is 0.396 e. The minimum atomic E-state index is -0.226. The second-order valence-electron chi connectivity index (χ2n) is 2.67. The molecule has 1 unspecified atom stereocenters. The van der Waals surface area contributed by atoms with Crippen LogP contribution in [0.4, 0.5) is 0 Å². The predicted molar refractivity (Wildman–Crippen MR) is 45.3 cm³/mol. The van der Waals surface area contributed by atoms with E-state index >= 15 is 0 Å². The van der Waals surface area contributed by atoms with Crippen molar-refractivity contribution in [1.82, 2.24) is 0 Å². The van der Waals surface area contributed by atoms with Crippen molar-refractivity contribution in [3.63, 3.8) is 0 Å². The minimum Gasteiger partial charge on any atom is -0.396 e. The van der Waals surface area contributed by atoms with Gasteiger partial charge in [0.1, 0.15) is 0 Å². The fourth-order valence-corrected chi connectivity index (χ4v) is 1.48. The maximum Gasteiger partial charge on any atom is 0.0602 e. The summed E-state index contributed by atoms with van der Waals surface area (Å²) in [5.41, 5.74) is 0. The predicted octanol–water partition coefficient (Wildman–Crippen LogP) is 0.729. The highest BCUT2D eigenvalue weighted by molar-refractivity contribution is 7.99. The van der Waals surface area contributed by atoms with Crippen LogP contribution in [0.3, 0.4) is 0 Å². The summed E-state index contributed by atoms with van der Waals surface area (Å²) in [6, 6.07) is 0. The highest BCUT2D eigenvalue weighted by Crippen LogP contribution is 2.08. The lowest BCUT2D eigenvalue weighted by molar-refractivity contribution is 0.220. The van der Waals surface area contributed by atoms with Crippen LogP contribution in [-0.2, 0) is 0 Å². The van der Waals surface area contributed by atoms with E-state index in [9.17, 15) is 0 Å². The van der Waals surface area contributed by atoms with Gasteiger partial charge < -0.3 is 10.2 Å². The van der Waals surface area contributed by atoms with E-state index in [0.717, 1.165) is 11.5 Å². The van der Waals surface area contributed by atoms with E-state index in [1.807, 2.05) is 6.92 Å². The zero-order chi connectivity index (χ0) is 7.98. The molecule has 0 aliphatic heterocycles.